The summed E-state index contributed by atoms with van der Waals surface area (Å²) in [6, 6.07) is 5.60. The lowest BCUT2D eigenvalue weighted by Crippen LogP contribution is -2.55. The van der Waals surface area contributed by atoms with Crippen LogP contribution in [-0.2, 0) is 32.5 Å². The highest BCUT2D eigenvalue weighted by Gasteiger charge is 2.31. The summed E-state index contributed by atoms with van der Waals surface area (Å²) < 4.78 is 28.0. The molecule has 9 nitrogen and oxygen atoms in total. The number of hydrogen-bond acceptors (Lipinski definition) is 6. The number of carbonyl (C=O) groups is 2. The van der Waals surface area contributed by atoms with Gasteiger partial charge >= 0.3 is 0 Å². The molecule has 2 aliphatic heterocycles. The second-order valence-electron chi connectivity index (χ2n) is 9.76. The molecule has 4 rings (SSSR count). The summed E-state index contributed by atoms with van der Waals surface area (Å²) in [5.41, 5.74) is 2.45. The fourth-order valence-corrected chi connectivity index (χ4v) is 6.40. The molecule has 0 bridgehead atoms. The second-order valence-corrected chi connectivity index (χ2v) is 11.7. The Morgan fingerprint density at radius 1 is 0.824 bits per heavy atom. The number of aryl methyl sites for hydroxylation is 2. The van der Waals surface area contributed by atoms with E-state index in [0.717, 1.165) is 19.3 Å². The minimum atomic E-state index is -3.52. The Kier molecular flexibility index (Phi) is 7.91. The maximum Gasteiger partial charge on any atom is 0.243 e. The van der Waals surface area contributed by atoms with Crippen LogP contribution >= 0.6 is 0 Å². The lowest BCUT2D eigenvalue weighted by Gasteiger charge is -2.37. The van der Waals surface area contributed by atoms with Crippen LogP contribution in [0, 0.1) is 0 Å². The number of benzene rings is 1. The highest BCUT2D eigenvalue weighted by Crippen LogP contribution is 2.26. The third-order valence-electron chi connectivity index (χ3n) is 7.23. The zero-order chi connectivity index (χ0) is 24.3. The van der Waals surface area contributed by atoms with Crippen molar-refractivity contribution in [2.45, 2.75) is 30.6 Å². The Morgan fingerprint density at radius 3 is 2.06 bits per heavy atom. The fraction of sp³-hybridized carbons (Fsp3) is 0.667. The van der Waals surface area contributed by atoms with Crippen molar-refractivity contribution < 1.29 is 18.0 Å². The Labute approximate surface area is 203 Å². The Hall–Kier alpha value is -2.01. The molecule has 3 aliphatic rings. The molecule has 34 heavy (non-hydrogen) atoms. The van der Waals surface area contributed by atoms with E-state index in [-0.39, 0.29) is 11.8 Å². The third kappa shape index (κ3) is 5.79. The number of rotatable bonds is 6. The van der Waals surface area contributed by atoms with Crippen LogP contribution in [-0.4, -0.2) is 124 Å². The van der Waals surface area contributed by atoms with Crippen molar-refractivity contribution in [1.29, 1.82) is 0 Å². The van der Waals surface area contributed by atoms with Crippen LogP contribution < -0.4 is 0 Å². The average molecular weight is 492 g/mol. The molecule has 2 amide bonds. The minimum absolute atomic E-state index is 0.0722. The standard InChI is InChI=1S/C24H37N5O4S/c1-25(2)23(30)18-26-9-13-28(14-10-26)24(31)19-27-11-15-29(16-12-27)34(32,33)22-8-7-20-5-3-4-6-21(20)17-22/h7-8,17H,3-6,9-16,18-19H2,1-2H3. The molecule has 1 aromatic rings. The normalized spacial score (nSPS) is 20.7. The lowest BCUT2D eigenvalue weighted by molar-refractivity contribution is -0.135. The van der Waals surface area contributed by atoms with Crippen LogP contribution in [0.5, 0.6) is 0 Å². The second kappa shape index (κ2) is 10.7. The summed E-state index contributed by atoms with van der Waals surface area (Å²) in [6.07, 6.45) is 4.28. The highest BCUT2D eigenvalue weighted by atomic mass is 32.2. The van der Waals surface area contributed by atoms with E-state index in [4.69, 9.17) is 0 Å². The van der Waals surface area contributed by atoms with Gasteiger partial charge in [0, 0.05) is 66.5 Å². The van der Waals surface area contributed by atoms with E-state index >= 15 is 0 Å². The molecular formula is C24H37N5O4S. The van der Waals surface area contributed by atoms with Crippen LogP contribution in [0.2, 0.25) is 0 Å². The summed E-state index contributed by atoms with van der Waals surface area (Å²) in [7, 11) is -0.0154. The largest absolute Gasteiger partial charge is 0.348 e. The Bertz CT molecular complexity index is 997. The monoisotopic (exact) mass is 491 g/mol. The molecule has 0 aromatic heterocycles. The summed E-state index contributed by atoms with van der Waals surface area (Å²) >= 11 is 0. The number of likely N-dealkylation sites (N-methyl/N-ethyl adjacent to an activating group) is 1. The van der Waals surface area contributed by atoms with E-state index in [0.29, 0.717) is 70.3 Å². The maximum absolute atomic E-state index is 13.2. The molecule has 0 unspecified atom stereocenters. The maximum atomic E-state index is 13.2. The number of sulfonamides is 1. The van der Waals surface area contributed by atoms with Crippen LogP contribution in [0.25, 0.3) is 0 Å². The van der Waals surface area contributed by atoms with Gasteiger partial charge in [-0.15, -0.1) is 0 Å². The number of hydrogen-bond donors (Lipinski definition) is 0. The van der Waals surface area contributed by atoms with Gasteiger partial charge in [-0.1, -0.05) is 6.07 Å². The molecule has 2 fully saturated rings. The van der Waals surface area contributed by atoms with E-state index < -0.39 is 10.0 Å². The molecule has 2 saturated heterocycles. The predicted molar refractivity (Wildman–Crippen MR) is 130 cm³/mol. The molecule has 0 spiro atoms. The van der Waals surface area contributed by atoms with E-state index in [1.165, 1.54) is 17.5 Å². The number of nitrogens with zero attached hydrogens (tertiary/aromatic N) is 5. The fourth-order valence-electron chi connectivity index (χ4n) is 4.93. The molecule has 1 aromatic carbocycles. The zero-order valence-electron chi connectivity index (χ0n) is 20.4. The van der Waals surface area contributed by atoms with Crippen molar-refractivity contribution in [3.8, 4) is 0 Å². The molecule has 0 saturated carbocycles. The van der Waals surface area contributed by atoms with Gasteiger partial charge in [0.25, 0.3) is 0 Å². The summed E-state index contributed by atoms with van der Waals surface area (Å²) in [5, 5.41) is 0. The first-order chi connectivity index (χ1) is 16.2. The number of amides is 2. The minimum Gasteiger partial charge on any atom is -0.348 e. The van der Waals surface area contributed by atoms with Crippen LogP contribution in [0.15, 0.2) is 23.1 Å². The van der Waals surface area contributed by atoms with Gasteiger partial charge in [0.1, 0.15) is 0 Å². The average Bonchev–Trinajstić information content (AvgIpc) is 2.84. The molecule has 10 heteroatoms. The van der Waals surface area contributed by atoms with Gasteiger partial charge < -0.3 is 9.80 Å². The van der Waals surface area contributed by atoms with Gasteiger partial charge in [0.05, 0.1) is 18.0 Å². The van der Waals surface area contributed by atoms with E-state index in [1.54, 1.807) is 29.4 Å². The first-order valence-corrected chi connectivity index (χ1v) is 13.7. The van der Waals surface area contributed by atoms with E-state index in [1.807, 2.05) is 21.9 Å². The van der Waals surface area contributed by atoms with Crippen LogP contribution in [0.1, 0.15) is 24.0 Å². The molecule has 188 valence electrons. The zero-order valence-corrected chi connectivity index (χ0v) is 21.2. The van der Waals surface area contributed by atoms with Crippen molar-refractivity contribution in [3.63, 3.8) is 0 Å². The van der Waals surface area contributed by atoms with Crippen molar-refractivity contribution in [1.82, 2.24) is 23.9 Å². The molecule has 1 aliphatic carbocycles. The summed E-state index contributed by atoms with van der Waals surface area (Å²) in [5.74, 6) is 0.146. The molecule has 0 atom stereocenters. The van der Waals surface area contributed by atoms with Crippen molar-refractivity contribution in [2.75, 3.05) is 79.5 Å². The van der Waals surface area contributed by atoms with Crippen LogP contribution in [0.3, 0.4) is 0 Å². The van der Waals surface area contributed by atoms with Crippen molar-refractivity contribution in [3.05, 3.63) is 29.3 Å². The van der Waals surface area contributed by atoms with Crippen molar-refractivity contribution in [2.24, 2.45) is 0 Å². The summed E-state index contributed by atoms with van der Waals surface area (Å²) in [6.45, 7) is 5.20. The molecule has 0 radical (unpaired) electrons. The lowest BCUT2D eigenvalue weighted by atomic mass is 9.92. The van der Waals surface area contributed by atoms with E-state index in [2.05, 4.69) is 4.90 Å². The van der Waals surface area contributed by atoms with E-state index in [9.17, 15) is 18.0 Å². The van der Waals surface area contributed by atoms with Gasteiger partial charge in [0.2, 0.25) is 21.8 Å². The van der Waals surface area contributed by atoms with Gasteiger partial charge in [-0.25, -0.2) is 8.42 Å². The Balaban J connectivity index is 1.25. The first kappa shape index (κ1) is 25.1. The third-order valence-corrected chi connectivity index (χ3v) is 9.13. The topological polar surface area (TPSA) is 84.5 Å². The first-order valence-electron chi connectivity index (χ1n) is 12.3. The molecule has 0 N–H and O–H groups in total. The smallest absolute Gasteiger partial charge is 0.243 e. The van der Waals surface area contributed by atoms with Gasteiger partial charge in [-0.2, -0.15) is 4.31 Å². The van der Waals surface area contributed by atoms with Gasteiger partial charge in [-0.05, 0) is 48.9 Å². The number of carbonyl (C=O) groups excluding carboxylic acids is 2. The predicted octanol–water partition coefficient (Wildman–Crippen LogP) is 0.104. The summed E-state index contributed by atoms with van der Waals surface area (Å²) in [4.78, 5) is 32.6. The number of piperazine rings is 2. The SMILES string of the molecule is CN(C)C(=O)CN1CCN(C(=O)CN2CCN(S(=O)(=O)c3ccc4c(c3)CCCC4)CC2)CC1. The highest BCUT2D eigenvalue weighted by molar-refractivity contribution is 7.89. The molecule has 2 heterocycles. The van der Waals surface area contributed by atoms with Gasteiger partial charge in [0.15, 0.2) is 0 Å². The quantitative estimate of drug-likeness (QED) is 0.562. The molecular weight excluding hydrogens is 454 g/mol. The van der Waals surface area contributed by atoms with Crippen LogP contribution in [0.4, 0.5) is 0 Å². The number of fused-ring (bicyclic) bond motifs is 1. The van der Waals surface area contributed by atoms with Gasteiger partial charge in [-0.3, -0.25) is 19.4 Å². The van der Waals surface area contributed by atoms with Crippen molar-refractivity contribution >= 4 is 21.8 Å². The Morgan fingerprint density at radius 2 is 1.41 bits per heavy atom.